The lowest BCUT2D eigenvalue weighted by molar-refractivity contribution is 1.00. The summed E-state index contributed by atoms with van der Waals surface area (Å²) in [6, 6.07) is 9.93. The van der Waals surface area contributed by atoms with Crippen molar-refractivity contribution in [2.45, 2.75) is 13.8 Å². The number of benzene rings is 1. The maximum atomic E-state index is 5.97. The second-order valence-electron chi connectivity index (χ2n) is 4.60. The first-order valence-corrected chi connectivity index (χ1v) is 6.65. The Balaban J connectivity index is 2.08. The van der Waals surface area contributed by atoms with Crippen molar-refractivity contribution in [1.82, 2.24) is 15.2 Å². The zero-order chi connectivity index (χ0) is 14.1. The van der Waals surface area contributed by atoms with Crippen molar-refractivity contribution in [3.05, 3.63) is 52.8 Å². The molecule has 5 heteroatoms. The molecule has 100 valence electrons. The number of fused-ring (bicyclic) bond motifs is 1. The van der Waals surface area contributed by atoms with Crippen LogP contribution in [-0.2, 0) is 0 Å². The van der Waals surface area contributed by atoms with Crippen LogP contribution in [0.15, 0.2) is 36.5 Å². The fourth-order valence-electron chi connectivity index (χ4n) is 2.03. The number of nitrogens with zero attached hydrogens (tertiary/aromatic N) is 3. The number of rotatable bonds is 2. The largest absolute Gasteiger partial charge is 0.337 e. The Bertz CT molecular complexity index is 781. The summed E-state index contributed by atoms with van der Waals surface area (Å²) in [5.41, 5.74) is 3.72. The minimum absolute atomic E-state index is 0.434. The quantitative estimate of drug-likeness (QED) is 0.771. The van der Waals surface area contributed by atoms with Crippen LogP contribution in [-0.4, -0.2) is 15.2 Å². The highest BCUT2D eigenvalue weighted by Gasteiger charge is 2.09. The van der Waals surface area contributed by atoms with Crippen molar-refractivity contribution in [2.75, 3.05) is 5.32 Å². The zero-order valence-corrected chi connectivity index (χ0v) is 11.9. The Morgan fingerprint density at radius 1 is 1.00 bits per heavy atom. The number of hydrogen-bond acceptors (Lipinski definition) is 4. The molecular formula is C15H13ClN4. The summed E-state index contributed by atoms with van der Waals surface area (Å²) in [6.07, 6.45) is 1.78. The van der Waals surface area contributed by atoms with E-state index in [0.29, 0.717) is 11.0 Å². The van der Waals surface area contributed by atoms with Gasteiger partial charge < -0.3 is 5.32 Å². The lowest BCUT2D eigenvalue weighted by Crippen LogP contribution is -2.02. The summed E-state index contributed by atoms with van der Waals surface area (Å²) in [4.78, 5) is 4.41. The van der Waals surface area contributed by atoms with Gasteiger partial charge in [0.2, 0.25) is 0 Å². The highest BCUT2D eigenvalue weighted by molar-refractivity contribution is 6.30. The van der Waals surface area contributed by atoms with Crippen molar-refractivity contribution >= 4 is 34.0 Å². The van der Waals surface area contributed by atoms with E-state index in [1.807, 2.05) is 44.2 Å². The van der Waals surface area contributed by atoms with E-state index < -0.39 is 0 Å². The molecular weight excluding hydrogens is 272 g/mol. The molecule has 4 nitrogen and oxygen atoms in total. The first-order valence-electron chi connectivity index (χ1n) is 6.27. The van der Waals surface area contributed by atoms with Gasteiger partial charge in [-0.15, -0.1) is 10.2 Å². The van der Waals surface area contributed by atoms with E-state index in [1.165, 1.54) is 0 Å². The molecule has 0 fully saturated rings. The Hall–Kier alpha value is -2.20. The molecule has 3 rings (SSSR count). The zero-order valence-electron chi connectivity index (χ0n) is 11.2. The molecule has 0 radical (unpaired) electrons. The predicted octanol–water partition coefficient (Wildman–Crippen LogP) is 4.04. The second kappa shape index (κ2) is 5.06. The van der Waals surface area contributed by atoms with Crippen LogP contribution in [0.5, 0.6) is 0 Å². The predicted molar refractivity (Wildman–Crippen MR) is 81.5 cm³/mol. The number of hydrogen-bond donors (Lipinski definition) is 1. The van der Waals surface area contributed by atoms with Gasteiger partial charge >= 0.3 is 0 Å². The number of pyridine rings is 1. The van der Waals surface area contributed by atoms with E-state index in [-0.39, 0.29) is 0 Å². The van der Waals surface area contributed by atoms with Crippen LogP contribution in [0.3, 0.4) is 0 Å². The van der Waals surface area contributed by atoms with Gasteiger partial charge in [0.1, 0.15) is 0 Å². The number of para-hydroxylation sites is 1. The second-order valence-corrected chi connectivity index (χ2v) is 4.95. The lowest BCUT2D eigenvalue weighted by Gasteiger charge is -2.11. The van der Waals surface area contributed by atoms with E-state index in [2.05, 4.69) is 20.5 Å². The van der Waals surface area contributed by atoms with Gasteiger partial charge in [0.15, 0.2) is 11.0 Å². The van der Waals surface area contributed by atoms with Gasteiger partial charge in [-0.05, 0) is 37.1 Å². The molecule has 20 heavy (non-hydrogen) atoms. The highest BCUT2D eigenvalue weighted by atomic mass is 35.5. The molecule has 2 aromatic heterocycles. The Morgan fingerprint density at radius 2 is 1.80 bits per heavy atom. The summed E-state index contributed by atoms with van der Waals surface area (Å²) in [7, 11) is 0. The molecule has 0 saturated heterocycles. The van der Waals surface area contributed by atoms with Crippen LogP contribution in [0.25, 0.3) is 10.9 Å². The standard InChI is InChI=1S/C15H13ClN4/c1-9-10(2)15(20-19-14(9)16)18-12-7-3-5-11-6-4-8-17-13(11)12/h3-8H,1-2H3,(H,18,20). The molecule has 0 bridgehead atoms. The summed E-state index contributed by atoms with van der Waals surface area (Å²) in [5, 5.41) is 12.9. The summed E-state index contributed by atoms with van der Waals surface area (Å²) < 4.78 is 0. The van der Waals surface area contributed by atoms with E-state index in [9.17, 15) is 0 Å². The van der Waals surface area contributed by atoms with E-state index in [0.717, 1.165) is 27.7 Å². The molecule has 1 aromatic carbocycles. The van der Waals surface area contributed by atoms with E-state index in [4.69, 9.17) is 11.6 Å². The smallest absolute Gasteiger partial charge is 0.156 e. The van der Waals surface area contributed by atoms with Crippen molar-refractivity contribution in [3.8, 4) is 0 Å². The average Bonchev–Trinajstić information content (AvgIpc) is 2.48. The minimum Gasteiger partial charge on any atom is -0.337 e. The topological polar surface area (TPSA) is 50.7 Å². The summed E-state index contributed by atoms with van der Waals surface area (Å²) in [6.45, 7) is 3.90. The molecule has 2 heterocycles. The molecule has 0 amide bonds. The molecule has 0 aliphatic carbocycles. The maximum Gasteiger partial charge on any atom is 0.156 e. The van der Waals surface area contributed by atoms with Gasteiger partial charge in [0.05, 0.1) is 11.2 Å². The number of aromatic nitrogens is 3. The summed E-state index contributed by atoms with van der Waals surface area (Å²) in [5.74, 6) is 0.699. The lowest BCUT2D eigenvalue weighted by atomic mass is 10.1. The number of nitrogens with one attached hydrogen (secondary N) is 1. The molecule has 0 saturated carbocycles. The third-order valence-corrected chi connectivity index (χ3v) is 3.71. The highest BCUT2D eigenvalue weighted by Crippen LogP contribution is 2.27. The normalized spacial score (nSPS) is 10.8. The third-order valence-electron chi connectivity index (χ3n) is 3.35. The first-order chi connectivity index (χ1) is 9.66. The van der Waals surface area contributed by atoms with E-state index in [1.54, 1.807) is 6.20 Å². The average molecular weight is 285 g/mol. The minimum atomic E-state index is 0.434. The van der Waals surface area contributed by atoms with E-state index >= 15 is 0 Å². The van der Waals surface area contributed by atoms with Gasteiger partial charge in [-0.3, -0.25) is 4.98 Å². The van der Waals surface area contributed by atoms with Crippen molar-refractivity contribution in [3.63, 3.8) is 0 Å². The van der Waals surface area contributed by atoms with Gasteiger partial charge in [-0.25, -0.2) is 0 Å². The van der Waals surface area contributed by atoms with Crippen LogP contribution in [0.1, 0.15) is 11.1 Å². The molecule has 3 aromatic rings. The van der Waals surface area contributed by atoms with Gasteiger partial charge in [-0.1, -0.05) is 29.8 Å². The molecule has 0 aliphatic rings. The van der Waals surface area contributed by atoms with Crippen molar-refractivity contribution in [1.29, 1.82) is 0 Å². The Morgan fingerprint density at radius 3 is 2.65 bits per heavy atom. The van der Waals surface area contributed by atoms with Crippen molar-refractivity contribution in [2.24, 2.45) is 0 Å². The first kappa shape index (κ1) is 12.8. The van der Waals surface area contributed by atoms with Crippen LogP contribution in [0.2, 0.25) is 5.15 Å². The summed E-state index contributed by atoms with van der Waals surface area (Å²) >= 11 is 5.97. The molecule has 0 spiro atoms. The SMILES string of the molecule is Cc1c(Cl)nnc(Nc2cccc3cccnc23)c1C. The van der Waals surface area contributed by atoms with Crippen LogP contribution in [0.4, 0.5) is 11.5 Å². The van der Waals surface area contributed by atoms with Gasteiger partial charge in [0, 0.05) is 11.6 Å². The third kappa shape index (κ3) is 2.18. The van der Waals surface area contributed by atoms with Crippen molar-refractivity contribution < 1.29 is 0 Å². The fraction of sp³-hybridized carbons (Fsp3) is 0.133. The van der Waals surface area contributed by atoms with Gasteiger partial charge in [0.25, 0.3) is 0 Å². The Kier molecular flexibility index (Phi) is 3.24. The maximum absolute atomic E-state index is 5.97. The van der Waals surface area contributed by atoms with Gasteiger partial charge in [-0.2, -0.15) is 0 Å². The van der Waals surface area contributed by atoms with Crippen LogP contribution >= 0.6 is 11.6 Å². The fourth-order valence-corrected chi connectivity index (χ4v) is 2.21. The molecule has 1 N–H and O–H groups in total. The molecule has 0 aliphatic heterocycles. The van der Waals surface area contributed by atoms with Crippen LogP contribution in [0, 0.1) is 13.8 Å². The Labute approximate surface area is 121 Å². The number of anilines is 2. The molecule has 0 atom stereocenters. The number of halogens is 1. The molecule has 0 unspecified atom stereocenters. The van der Waals surface area contributed by atoms with Crippen LogP contribution < -0.4 is 5.32 Å². The monoisotopic (exact) mass is 284 g/mol.